The highest BCUT2D eigenvalue weighted by molar-refractivity contribution is 7.92. The summed E-state index contributed by atoms with van der Waals surface area (Å²) in [6, 6.07) is 19.6. The van der Waals surface area contributed by atoms with Gasteiger partial charge in [-0.05, 0) is 35.4 Å². The molecule has 2 amide bonds. The Morgan fingerprint density at radius 2 is 1.66 bits per heavy atom. The Morgan fingerprint density at radius 1 is 0.947 bits per heavy atom. The lowest BCUT2D eigenvalue weighted by atomic mass is 10.0. The maximum atomic E-state index is 13.9. The zero-order valence-corrected chi connectivity index (χ0v) is 23.6. The number of sulfonamides is 1. The average Bonchev–Trinajstić information content (AvgIpc) is 2.90. The Labute approximate surface area is 233 Å². The largest absolute Gasteiger partial charge is 0.497 e. The molecule has 1 N–H and O–H groups in total. The van der Waals surface area contributed by atoms with E-state index in [1.165, 1.54) is 25.1 Å². The van der Waals surface area contributed by atoms with Crippen molar-refractivity contribution in [3.8, 4) is 5.75 Å². The first-order valence-corrected chi connectivity index (χ1v) is 14.2. The molecule has 0 saturated carbocycles. The van der Waals surface area contributed by atoms with Gasteiger partial charge in [-0.15, -0.1) is 0 Å². The highest BCUT2D eigenvalue weighted by Gasteiger charge is 2.32. The van der Waals surface area contributed by atoms with Crippen molar-refractivity contribution >= 4 is 50.7 Å². The molecule has 202 valence electrons. The van der Waals surface area contributed by atoms with Crippen molar-refractivity contribution < 1.29 is 22.7 Å². The summed E-state index contributed by atoms with van der Waals surface area (Å²) in [6.07, 6.45) is 1.23. The van der Waals surface area contributed by atoms with Crippen LogP contribution < -0.4 is 14.4 Å². The number of methoxy groups -OCH3 is 1. The molecule has 3 rings (SSSR count). The van der Waals surface area contributed by atoms with Crippen LogP contribution in [0.3, 0.4) is 0 Å². The van der Waals surface area contributed by atoms with Crippen LogP contribution in [0.1, 0.15) is 11.1 Å². The average molecular weight is 579 g/mol. The van der Waals surface area contributed by atoms with Gasteiger partial charge in [-0.2, -0.15) is 0 Å². The molecule has 0 radical (unpaired) electrons. The van der Waals surface area contributed by atoms with Gasteiger partial charge in [-0.3, -0.25) is 13.9 Å². The van der Waals surface area contributed by atoms with E-state index in [2.05, 4.69) is 5.32 Å². The molecule has 0 aliphatic carbocycles. The number of benzene rings is 3. The predicted molar refractivity (Wildman–Crippen MR) is 150 cm³/mol. The molecule has 0 heterocycles. The molecule has 38 heavy (non-hydrogen) atoms. The minimum absolute atomic E-state index is 0.00362. The van der Waals surface area contributed by atoms with Crippen molar-refractivity contribution in [3.63, 3.8) is 0 Å². The third-order valence-corrected chi connectivity index (χ3v) is 7.75. The van der Waals surface area contributed by atoms with Crippen molar-refractivity contribution in [3.05, 3.63) is 94.0 Å². The van der Waals surface area contributed by atoms with Gasteiger partial charge < -0.3 is 15.0 Å². The molecule has 0 bridgehead atoms. The number of carbonyl (C=O) groups is 2. The van der Waals surface area contributed by atoms with Crippen molar-refractivity contribution in [2.75, 3.05) is 31.3 Å². The summed E-state index contributed by atoms with van der Waals surface area (Å²) >= 11 is 12.3. The maximum absolute atomic E-state index is 13.9. The van der Waals surface area contributed by atoms with Crippen molar-refractivity contribution in [1.82, 2.24) is 10.2 Å². The summed E-state index contributed by atoms with van der Waals surface area (Å²) in [7, 11) is -0.925. The van der Waals surface area contributed by atoms with E-state index in [9.17, 15) is 18.0 Å². The molecule has 0 unspecified atom stereocenters. The number of ether oxygens (including phenoxy) is 1. The zero-order chi connectivity index (χ0) is 27.9. The van der Waals surface area contributed by atoms with Crippen LogP contribution in [0, 0.1) is 0 Å². The number of anilines is 1. The summed E-state index contributed by atoms with van der Waals surface area (Å²) in [5, 5.41) is 3.27. The second-order valence-electron chi connectivity index (χ2n) is 8.56. The van der Waals surface area contributed by atoms with Gasteiger partial charge in [0.25, 0.3) is 0 Å². The summed E-state index contributed by atoms with van der Waals surface area (Å²) in [5.41, 5.74) is 1.72. The van der Waals surface area contributed by atoms with Gasteiger partial charge in [0.15, 0.2) is 0 Å². The van der Waals surface area contributed by atoms with E-state index in [4.69, 9.17) is 27.9 Å². The normalized spacial score (nSPS) is 11.9. The molecule has 1 atom stereocenters. The minimum atomic E-state index is -3.88. The van der Waals surface area contributed by atoms with Crippen molar-refractivity contribution in [2.24, 2.45) is 0 Å². The number of hydrogen-bond acceptors (Lipinski definition) is 5. The number of nitrogens with zero attached hydrogens (tertiary/aromatic N) is 2. The Bertz CT molecular complexity index is 1390. The Balaban J connectivity index is 2.04. The second-order valence-corrected chi connectivity index (χ2v) is 11.3. The summed E-state index contributed by atoms with van der Waals surface area (Å²) < 4.78 is 31.8. The monoisotopic (exact) mass is 577 g/mol. The number of halogens is 2. The molecule has 11 heteroatoms. The van der Waals surface area contributed by atoms with Crippen LogP contribution in [0.4, 0.5) is 5.69 Å². The highest BCUT2D eigenvalue weighted by Crippen LogP contribution is 2.26. The molecular weight excluding hydrogens is 549 g/mol. The summed E-state index contributed by atoms with van der Waals surface area (Å²) in [4.78, 5) is 28.4. The fraction of sp³-hybridized carbons (Fsp3) is 0.259. The van der Waals surface area contributed by atoms with Crippen LogP contribution >= 0.6 is 23.2 Å². The number of carbonyl (C=O) groups excluding carboxylic acids is 2. The van der Waals surface area contributed by atoms with E-state index in [1.54, 1.807) is 36.4 Å². The number of rotatable bonds is 11. The Kier molecular flexibility index (Phi) is 10.0. The first kappa shape index (κ1) is 29.3. The van der Waals surface area contributed by atoms with Gasteiger partial charge >= 0.3 is 0 Å². The number of likely N-dealkylation sites (N-methyl/N-ethyl adjacent to an activating group) is 1. The van der Waals surface area contributed by atoms with E-state index in [1.807, 2.05) is 30.3 Å². The van der Waals surface area contributed by atoms with Gasteiger partial charge in [0, 0.05) is 26.1 Å². The van der Waals surface area contributed by atoms with Crippen LogP contribution in [-0.2, 0) is 32.6 Å². The molecule has 0 aliphatic rings. The van der Waals surface area contributed by atoms with Crippen LogP contribution in [0.25, 0.3) is 0 Å². The molecule has 3 aromatic carbocycles. The van der Waals surface area contributed by atoms with E-state index >= 15 is 0 Å². The Morgan fingerprint density at radius 3 is 2.26 bits per heavy atom. The van der Waals surface area contributed by atoms with Crippen LogP contribution in [0.2, 0.25) is 10.0 Å². The van der Waals surface area contributed by atoms with Gasteiger partial charge in [-0.1, -0.05) is 65.7 Å². The lowest BCUT2D eigenvalue weighted by Crippen LogP contribution is -2.52. The van der Waals surface area contributed by atoms with E-state index in [0.29, 0.717) is 21.4 Å². The molecule has 8 nitrogen and oxygen atoms in total. The number of amides is 2. The quantitative estimate of drug-likeness (QED) is 0.369. The number of hydrogen-bond donors (Lipinski definition) is 1. The third-order valence-electron chi connectivity index (χ3n) is 5.87. The third kappa shape index (κ3) is 7.63. The maximum Gasteiger partial charge on any atom is 0.244 e. The standard InChI is InChI=1S/C27H29Cl2N3O5S/c1-30-27(34)25(15-19-8-5-4-6-9-19)31(17-20-12-13-23(28)24(29)14-20)26(33)18-32(38(3,35)36)21-10-7-11-22(16-21)37-2/h4-14,16,25H,15,17-18H2,1-3H3,(H,30,34)/t25-/m0/s1. The van der Waals surface area contributed by atoms with Crippen molar-refractivity contribution in [2.45, 2.75) is 19.0 Å². The molecule has 0 aliphatic heterocycles. The fourth-order valence-corrected chi connectivity index (χ4v) is 5.10. The predicted octanol–water partition coefficient (Wildman–Crippen LogP) is 4.15. The zero-order valence-electron chi connectivity index (χ0n) is 21.2. The molecule has 0 fully saturated rings. The second kappa shape index (κ2) is 13.0. The van der Waals surface area contributed by atoms with E-state index < -0.39 is 34.4 Å². The van der Waals surface area contributed by atoms with Crippen LogP contribution in [0.15, 0.2) is 72.8 Å². The topological polar surface area (TPSA) is 96.0 Å². The lowest BCUT2D eigenvalue weighted by molar-refractivity contribution is -0.139. The Hall–Kier alpha value is -3.27. The first-order valence-electron chi connectivity index (χ1n) is 11.6. The van der Waals surface area contributed by atoms with E-state index in [0.717, 1.165) is 16.1 Å². The molecule has 3 aromatic rings. The molecule has 0 spiro atoms. The summed E-state index contributed by atoms with van der Waals surface area (Å²) in [6.45, 7) is -0.536. The van der Waals surface area contributed by atoms with Gasteiger partial charge in [0.05, 0.1) is 29.1 Å². The molecule has 0 aromatic heterocycles. The van der Waals surface area contributed by atoms with Crippen molar-refractivity contribution in [1.29, 1.82) is 0 Å². The minimum Gasteiger partial charge on any atom is -0.497 e. The number of nitrogens with one attached hydrogen (secondary N) is 1. The molecular formula is C27H29Cl2N3O5S. The van der Waals surface area contributed by atoms with Crippen LogP contribution in [-0.4, -0.2) is 58.1 Å². The van der Waals surface area contributed by atoms with E-state index in [-0.39, 0.29) is 18.7 Å². The SMILES string of the molecule is CNC(=O)[C@H](Cc1ccccc1)N(Cc1ccc(Cl)c(Cl)c1)C(=O)CN(c1cccc(OC)c1)S(C)(=O)=O. The lowest BCUT2D eigenvalue weighted by Gasteiger charge is -2.33. The van der Waals surface area contributed by atoms with Crippen LogP contribution in [0.5, 0.6) is 5.75 Å². The van der Waals surface area contributed by atoms with Gasteiger partial charge in [0.2, 0.25) is 21.8 Å². The highest BCUT2D eigenvalue weighted by atomic mass is 35.5. The molecule has 0 saturated heterocycles. The fourth-order valence-electron chi connectivity index (χ4n) is 3.93. The van der Waals surface area contributed by atoms with Gasteiger partial charge in [0.1, 0.15) is 18.3 Å². The smallest absolute Gasteiger partial charge is 0.244 e. The van der Waals surface area contributed by atoms with Gasteiger partial charge in [-0.25, -0.2) is 8.42 Å². The summed E-state index contributed by atoms with van der Waals surface area (Å²) in [5.74, 6) is -0.535. The first-order chi connectivity index (χ1) is 18.0.